The van der Waals surface area contributed by atoms with Crippen LogP contribution >= 0.6 is 0 Å². The van der Waals surface area contributed by atoms with Crippen LogP contribution in [-0.4, -0.2) is 0 Å². The Morgan fingerprint density at radius 2 is 0.274 bits per heavy atom. The molecule has 0 aromatic rings. The second-order valence-electron chi connectivity index (χ2n) is 38.6. The molecule has 0 bridgehead atoms. The minimum Gasteiger partial charge on any atom is -0.0885 e. The monoisotopic (exact) mass is 1730 g/mol. The van der Waals surface area contributed by atoms with Gasteiger partial charge >= 0.3 is 0 Å². The average molecular weight is 1730 g/mol. The molecule has 0 aromatic carbocycles. The van der Waals surface area contributed by atoms with Gasteiger partial charge in [0.2, 0.25) is 0 Å². The van der Waals surface area contributed by atoms with Crippen molar-refractivity contribution >= 4 is 0 Å². The highest BCUT2D eigenvalue weighted by Gasteiger charge is 2.08. The number of rotatable bonds is 89. The minimum absolute atomic E-state index is 0.882. The molecule has 0 nitrogen and oxygen atoms in total. The van der Waals surface area contributed by atoms with E-state index in [4.69, 9.17) is 0 Å². The highest BCUT2D eigenvalue weighted by Crippen LogP contribution is 2.24. The lowest BCUT2D eigenvalue weighted by molar-refractivity contribution is 0.376. The molecule has 0 aliphatic rings. The molecular formula is C124H242. The molecule has 0 aliphatic heterocycles. The lowest BCUT2D eigenvalue weighted by Gasteiger charge is -2.15. The van der Waals surface area contributed by atoms with Gasteiger partial charge in [0.15, 0.2) is 0 Å². The van der Waals surface area contributed by atoms with E-state index in [1.807, 2.05) is 0 Å². The van der Waals surface area contributed by atoms with Gasteiger partial charge in [-0.15, -0.1) is 0 Å². The number of hydrogen-bond donors (Lipinski definition) is 0. The van der Waals surface area contributed by atoms with Crippen LogP contribution in [0.25, 0.3) is 0 Å². The van der Waals surface area contributed by atoms with Crippen molar-refractivity contribution in [3.8, 4) is 0 Å². The molecule has 738 valence electrons. The van der Waals surface area contributed by atoms with Crippen LogP contribution in [0, 0.1) is 23.7 Å². The topological polar surface area (TPSA) is 0 Å². The quantitative estimate of drug-likeness (QED) is 0.0421. The van der Waals surface area contributed by atoms with E-state index < -0.39 is 0 Å². The SMILES string of the molecule is CC/C=C\C/C=C\C/C=C\CCCCCCCC.CCC(C)CCCC(C)CCCC(C)CCCC(C)C.CCCC/C=C\C/C=C\C/C=C\C/C=C\CCCCC.CCCCC/C=C\C/C=C\CCCCCCCC.CCCCCCCC/C=C\CCCCCCCC.CCCCCCCCCCCCCC.CCCCCCCCCCCCCCCC. The van der Waals surface area contributed by atoms with E-state index in [9.17, 15) is 0 Å². The van der Waals surface area contributed by atoms with Gasteiger partial charge in [0.1, 0.15) is 0 Å². The summed E-state index contributed by atoms with van der Waals surface area (Å²) in [6, 6.07) is 0. The summed E-state index contributed by atoms with van der Waals surface area (Å²) in [5.74, 6) is 3.71. The van der Waals surface area contributed by atoms with Crippen molar-refractivity contribution in [3.63, 3.8) is 0 Å². The van der Waals surface area contributed by atoms with Crippen molar-refractivity contribution in [1.82, 2.24) is 0 Å². The molecule has 0 radical (unpaired) electrons. The highest BCUT2D eigenvalue weighted by molar-refractivity contribution is 5.00. The van der Waals surface area contributed by atoms with E-state index in [1.54, 1.807) is 0 Å². The first kappa shape index (κ1) is 134. The van der Waals surface area contributed by atoms with E-state index in [1.165, 1.54) is 482 Å². The summed E-state index contributed by atoms with van der Waals surface area (Å²) >= 11 is 0. The fraction of sp³-hybridized carbons (Fsp3) is 0.839. The van der Waals surface area contributed by atoms with Crippen molar-refractivity contribution in [2.75, 3.05) is 0 Å². The van der Waals surface area contributed by atoms with Crippen molar-refractivity contribution in [3.05, 3.63) is 122 Å². The number of hydrogen-bond acceptors (Lipinski definition) is 0. The molecule has 0 aromatic heterocycles. The Morgan fingerprint density at radius 1 is 0.129 bits per heavy atom. The molecule has 0 rings (SSSR count). The summed E-state index contributed by atoms with van der Waals surface area (Å²) in [5.41, 5.74) is 0. The summed E-state index contributed by atoms with van der Waals surface area (Å²) in [7, 11) is 0. The second kappa shape index (κ2) is 138. The third kappa shape index (κ3) is 157. The van der Waals surface area contributed by atoms with Gasteiger partial charge in [-0.25, -0.2) is 0 Å². The second-order valence-corrected chi connectivity index (χ2v) is 38.6. The van der Waals surface area contributed by atoms with Gasteiger partial charge in [0, 0.05) is 0 Å². The Bertz CT molecular complexity index is 1980. The fourth-order valence-electron chi connectivity index (χ4n) is 15.3. The van der Waals surface area contributed by atoms with Crippen LogP contribution in [0.15, 0.2) is 122 Å². The molecule has 0 spiro atoms. The smallest absolute Gasteiger partial charge is 0.0169 e. The Kier molecular flexibility index (Phi) is 150. The van der Waals surface area contributed by atoms with Crippen molar-refractivity contribution in [2.24, 2.45) is 23.7 Å². The van der Waals surface area contributed by atoms with Crippen LogP contribution in [0.5, 0.6) is 0 Å². The molecule has 3 unspecified atom stereocenters. The third-order valence-electron chi connectivity index (χ3n) is 24.5. The highest BCUT2D eigenvalue weighted by atomic mass is 14.1. The molecule has 0 heteroatoms. The number of unbranched alkanes of at least 4 members (excludes halogenated alkanes) is 56. The van der Waals surface area contributed by atoms with E-state index in [0.29, 0.717) is 0 Å². The van der Waals surface area contributed by atoms with Crippen LogP contribution in [-0.2, 0) is 0 Å². The Morgan fingerprint density at radius 3 is 0.468 bits per heavy atom. The summed E-state index contributed by atoms with van der Waals surface area (Å²) in [6.07, 6.45) is 159. The Balaban J connectivity index is -0.000000258. The van der Waals surface area contributed by atoms with E-state index in [2.05, 4.69) is 246 Å². The van der Waals surface area contributed by atoms with Gasteiger partial charge in [-0.05, 0) is 152 Å². The summed E-state index contributed by atoms with van der Waals surface area (Å²) in [6.45, 7) is 41.5. The maximum absolute atomic E-state index is 2.46. The van der Waals surface area contributed by atoms with Crippen molar-refractivity contribution < 1.29 is 0 Å². The maximum atomic E-state index is 2.46. The minimum atomic E-state index is 0.882. The first-order valence-electron chi connectivity index (χ1n) is 57.4. The summed E-state index contributed by atoms with van der Waals surface area (Å²) in [4.78, 5) is 0. The normalized spacial score (nSPS) is 12.5. The van der Waals surface area contributed by atoms with Crippen molar-refractivity contribution in [2.45, 2.75) is 651 Å². The summed E-state index contributed by atoms with van der Waals surface area (Å²) in [5, 5.41) is 0. The lowest BCUT2D eigenvalue weighted by Crippen LogP contribution is -2.01. The predicted molar refractivity (Wildman–Crippen MR) is 586 cm³/mol. The molecule has 0 N–H and O–H groups in total. The van der Waals surface area contributed by atoms with Gasteiger partial charge in [-0.1, -0.05) is 644 Å². The zero-order chi connectivity index (χ0) is 92.4. The van der Waals surface area contributed by atoms with Gasteiger partial charge < -0.3 is 0 Å². The Labute approximate surface area is 791 Å². The average Bonchev–Trinajstić information content (AvgIpc) is 1.00. The number of allylic oxidation sites excluding steroid dienone is 20. The molecule has 124 heavy (non-hydrogen) atoms. The van der Waals surface area contributed by atoms with E-state index >= 15 is 0 Å². The molecule has 0 heterocycles. The van der Waals surface area contributed by atoms with Crippen LogP contribution in [0.4, 0.5) is 0 Å². The summed E-state index contributed by atoms with van der Waals surface area (Å²) < 4.78 is 0. The van der Waals surface area contributed by atoms with Gasteiger partial charge in [0.25, 0.3) is 0 Å². The molecule has 0 saturated carbocycles. The largest absolute Gasteiger partial charge is 0.0885 e. The van der Waals surface area contributed by atoms with Gasteiger partial charge in [0.05, 0.1) is 0 Å². The first-order valence-corrected chi connectivity index (χ1v) is 57.4. The predicted octanol–water partition coefficient (Wildman–Crippen LogP) is 47.3. The van der Waals surface area contributed by atoms with Crippen LogP contribution in [0.2, 0.25) is 0 Å². The van der Waals surface area contributed by atoms with Crippen LogP contribution in [0.1, 0.15) is 651 Å². The molecule has 0 fully saturated rings. The standard InChI is InChI=1S/C20H42.C20H34.C18H36.C18H34.C18H32.C16H34.C14H30/c1-7-18(4)12-9-14-20(6)16-10-15-19(5)13-8-11-17(2)3;1-3-5-7-9-11-13-15-17-19-20-18-16-14-12-10-8-6-4-2;3*1-3-5-7-9-11-13-15-17-18-16-14-12-10-8-6-4-2;1-3-5-7-9-11-13-15-16-14-12-10-8-6-4-2;1-3-5-7-9-11-13-14-12-10-8-6-4-2/h17-20H,7-16H2,1-6H3;9,11-12,14-15,17-18,20H,3-8,10,13,16,19H2,1-2H3;17-18H,3-16H2,1-2H3;11,13,17-18H,3-10,12,14-16H2,1-2H3;5,7,11,13,17-18H,3-4,6,8-10,12,14-16H2,1-2H3;3-16H2,1-2H3;3-14H2,1-2H3/b;11-9-,14-12-,17-15-,20-18-;18-17-;13-11-,18-17-;7-5-,13-11-,18-17-;;. The Hall–Kier alpha value is -2.60. The van der Waals surface area contributed by atoms with E-state index in [0.717, 1.165) is 68.6 Å². The zero-order valence-electron chi connectivity index (χ0n) is 89.8. The van der Waals surface area contributed by atoms with Gasteiger partial charge in [-0.2, -0.15) is 0 Å². The first-order chi connectivity index (χ1) is 60.9. The van der Waals surface area contributed by atoms with Gasteiger partial charge in [-0.3, -0.25) is 0 Å². The molecule has 0 aliphatic carbocycles. The molecule has 0 saturated heterocycles. The van der Waals surface area contributed by atoms with Crippen molar-refractivity contribution in [1.29, 1.82) is 0 Å². The lowest BCUT2D eigenvalue weighted by atomic mass is 9.91. The van der Waals surface area contributed by atoms with Crippen LogP contribution in [0.3, 0.4) is 0 Å². The van der Waals surface area contributed by atoms with Crippen LogP contribution < -0.4 is 0 Å². The fourth-order valence-corrected chi connectivity index (χ4v) is 15.3. The molecule has 0 amide bonds. The third-order valence-corrected chi connectivity index (χ3v) is 24.5. The molecular weight excluding hydrogens is 1490 g/mol. The van der Waals surface area contributed by atoms with E-state index in [-0.39, 0.29) is 0 Å². The zero-order valence-corrected chi connectivity index (χ0v) is 89.8. The molecule has 3 atom stereocenters. The maximum Gasteiger partial charge on any atom is -0.0169 e.